The van der Waals surface area contributed by atoms with Crippen molar-refractivity contribution in [2.45, 2.75) is 65.6 Å². The van der Waals surface area contributed by atoms with E-state index in [-0.39, 0.29) is 37.7 Å². The van der Waals surface area contributed by atoms with Crippen LogP contribution in [-0.2, 0) is 26.2 Å². The summed E-state index contributed by atoms with van der Waals surface area (Å²) in [6.07, 6.45) is 1.46. The lowest BCUT2D eigenvalue weighted by molar-refractivity contribution is -0.141. The molecule has 0 radical (unpaired) electrons. The molecule has 2 aromatic rings. The second kappa shape index (κ2) is 13.5. The zero-order valence-corrected chi connectivity index (χ0v) is 24.3. The van der Waals surface area contributed by atoms with E-state index in [0.29, 0.717) is 23.8 Å². The summed E-state index contributed by atoms with van der Waals surface area (Å²) < 4.78 is 37.4. The summed E-state index contributed by atoms with van der Waals surface area (Å²) in [6, 6.07) is 13.5. The Bertz CT molecular complexity index is 1180. The average molecular weight is 548 g/mol. The summed E-state index contributed by atoms with van der Waals surface area (Å²) in [5, 5.41) is 2.94. The van der Waals surface area contributed by atoms with Crippen LogP contribution in [0.5, 0.6) is 11.5 Å². The lowest BCUT2D eigenvalue weighted by Crippen LogP contribution is -2.52. The lowest BCUT2D eigenvalue weighted by atomic mass is 10.1. The van der Waals surface area contributed by atoms with Crippen LogP contribution in [0, 0.1) is 0 Å². The summed E-state index contributed by atoms with van der Waals surface area (Å²) in [6.45, 7) is 9.88. The Balaban J connectivity index is 2.23. The fourth-order valence-electron chi connectivity index (χ4n) is 3.91. The van der Waals surface area contributed by atoms with Crippen molar-refractivity contribution < 1.29 is 27.5 Å². The van der Waals surface area contributed by atoms with Crippen molar-refractivity contribution >= 4 is 27.5 Å². The Morgan fingerprint density at radius 1 is 1.05 bits per heavy atom. The highest BCUT2D eigenvalue weighted by Crippen LogP contribution is 2.30. The third-order valence-electron chi connectivity index (χ3n) is 5.76. The first-order valence-corrected chi connectivity index (χ1v) is 14.6. The molecule has 9 nitrogen and oxygen atoms in total. The number of ether oxygens (including phenoxy) is 2. The van der Waals surface area contributed by atoms with Crippen molar-refractivity contribution in [2.75, 3.05) is 30.8 Å². The van der Waals surface area contributed by atoms with Crippen LogP contribution >= 0.6 is 0 Å². The van der Waals surface area contributed by atoms with Gasteiger partial charge in [-0.3, -0.25) is 13.9 Å². The maximum absolute atomic E-state index is 13.4. The highest BCUT2D eigenvalue weighted by atomic mass is 32.2. The molecule has 2 rings (SSSR count). The number of sulfonamides is 1. The predicted molar refractivity (Wildman–Crippen MR) is 150 cm³/mol. The van der Waals surface area contributed by atoms with Gasteiger partial charge in [0.05, 0.1) is 25.7 Å². The first-order valence-electron chi connectivity index (χ1n) is 12.7. The molecule has 1 unspecified atom stereocenters. The molecule has 10 heteroatoms. The quantitative estimate of drug-likeness (QED) is 0.407. The minimum atomic E-state index is -3.63. The molecule has 0 saturated carbocycles. The van der Waals surface area contributed by atoms with Crippen LogP contribution in [0.1, 0.15) is 53.0 Å². The van der Waals surface area contributed by atoms with Crippen molar-refractivity contribution in [1.82, 2.24) is 10.2 Å². The van der Waals surface area contributed by atoms with Crippen LogP contribution in [-0.4, -0.2) is 63.2 Å². The van der Waals surface area contributed by atoms with Crippen molar-refractivity contribution in [2.24, 2.45) is 0 Å². The zero-order valence-electron chi connectivity index (χ0n) is 23.5. The lowest BCUT2D eigenvalue weighted by Gasteiger charge is -2.32. The molecular formula is C28H41N3O6S. The summed E-state index contributed by atoms with van der Waals surface area (Å²) in [5.74, 6) is 0.644. The molecule has 0 bridgehead atoms. The zero-order chi connectivity index (χ0) is 28.5. The number of carbonyl (C=O) groups excluding carboxylic acids is 2. The van der Waals surface area contributed by atoms with Crippen LogP contribution < -0.4 is 19.1 Å². The van der Waals surface area contributed by atoms with Gasteiger partial charge >= 0.3 is 0 Å². The SMILES string of the molecule is CCOc1ccccc1N(CCCC(=O)N(Cc1ccc(OC)cc1)C(C)C(=O)NC(C)(C)C)S(C)(=O)=O. The van der Waals surface area contributed by atoms with Crippen LogP contribution in [0.3, 0.4) is 0 Å². The van der Waals surface area contributed by atoms with Crippen molar-refractivity contribution in [3.05, 3.63) is 54.1 Å². The molecule has 1 atom stereocenters. The van der Waals surface area contributed by atoms with Gasteiger partial charge in [0.2, 0.25) is 21.8 Å². The van der Waals surface area contributed by atoms with Gasteiger partial charge in [-0.25, -0.2) is 8.42 Å². The Morgan fingerprint density at radius 2 is 1.68 bits per heavy atom. The molecule has 1 N–H and O–H groups in total. The number of nitrogens with zero attached hydrogens (tertiary/aromatic N) is 2. The molecule has 2 aromatic carbocycles. The van der Waals surface area contributed by atoms with Crippen LogP contribution in [0.4, 0.5) is 5.69 Å². The van der Waals surface area contributed by atoms with Gasteiger partial charge in [0.15, 0.2) is 0 Å². The summed E-state index contributed by atoms with van der Waals surface area (Å²) in [4.78, 5) is 27.9. The molecule has 0 fully saturated rings. The number of amides is 2. The van der Waals surface area contributed by atoms with E-state index in [1.54, 1.807) is 50.4 Å². The van der Waals surface area contributed by atoms with Gasteiger partial charge in [-0.1, -0.05) is 24.3 Å². The van der Waals surface area contributed by atoms with Gasteiger partial charge in [0, 0.05) is 25.0 Å². The van der Waals surface area contributed by atoms with E-state index in [1.807, 2.05) is 39.8 Å². The maximum Gasteiger partial charge on any atom is 0.242 e. The molecular weight excluding hydrogens is 506 g/mol. The minimum absolute atomic E-state index is 0.0616. The molecule has 0 aliphatic carbocycles. The van der Waals surface area contributed by atoms with Crippen molar-refractivity contribution in [1.29, 1.82) is 0 Å². The van der Waals surface area contributed by atoms with Crippen molar-refractivity contribution in [3.8, 4) is 11.5 Å². The van der Waals surface area contributed by atoms with Crippen molar-refractivity contribution in [3.63, 3.8) is 0 Å². The number of nitrogens with one attached hydrogen (secondary N) is 1. The average Bonchev–Trinajstić information content (AvgIpc) is 2.84. The third kappa shape index (κ3) is 9.24. The van der Waals surface area contributed by atoms with Gasteiger partial charge in [0.1, 0.15) is 17.5 Å². The van der Waals surface area contributed by atoms with E-state index in [4.69, 9.17) is 9.47 Å². The molecule has 0 aliphatic rings. The second-order valence-corrected chi connectivity index (χ2v) is 12.0. The molecule has 38 heavy (non-hydrogen) atoms. The Hall–Kier alpha value is -3.27. The molecule has 0 spiro atoms. The van der Waals surface area contributed by atoms with Gasteiger partial charge < -0.3 is 19.7 Å². The Labute approximate surface area is 227 Å². The van der Waals surface area contributed by atoms with E-state index >= 15 is 0 Å². The molecule has 0 aliphatic heterocycles. The van der Waals surface area contributed by atoms with Crippen LogP contribution in [0.2, 0.25) is 0 Å². The standard InChI is InChI=1S/C28H41N3O6S/c1-8-37-25-13-10-9-12-24(25)31(38(7,34)35)19-11-14-26(32)30(21(2)27(33)29-28(3,4)5)20-22-15-17-23(36-6)18-16-22/h9-10,12-13,15-18,21H,8,11,14,19-20H2,1-7H3,(H,29,33). The normalized spacial score (nSPS) is 12.4. The third-order valence-corrected chi connectivity index (χ3v) is 6.94. The number of methoxy groups -OCH3 is 1. The minimum Gasteiger partial charge on any atom is -0.497 e. The van der Waals surface area contributed by atoms with Gasteiger partial charge in [-0.05, 0) is 70.9 Å². The van der Waals surface area contributed by atoms with E-state index in [0.717, 1.165) is 11.8 Å². The summed E-state index contributed by atoms with van der Waals surface area (Å²) in [7, 11) is -2.05. The highest BCUT2D eigenvalue weighted by molar-refractivity contribution is 7.92. The smallest absolute Gasteiger partial charge is 0.242 e. The fraction of sp³-hybridized carbons (Fsp3) is 0.500. The molecule has 2 amide bonds. The number of carbonyl (C=O) groups is 2. The molecule has 0 aromatic heterocycles. The number of hydrogen-bond donors (Lipinski definition) is 1. The summed E-state index contributed by atoms with van der Waals surface area (Å²) >= 11 is 0. The van der Waals surface area contributed by atoms with E-state index in [9.17, 15) is 18.0 Å². The number of hydrogen-bond acceptors (Lipinski definition) is 6. The Kier molecular flexibility index (Phi) is 11.0. The second-order valence-electron chi connectivity index (χ2n) is 10.1. The largest absolute Gasteiger partial charge is 0.497 e. The van der Waals surface area contributed by atoms with Crippen LogP contribution in [0.25, 0.3) is 0 Å². The first-order chi connectivity index (χ1) is 17.8. The van der Waals surface area contributed by atoms with E-state index in [1.165, 1.54) is 9.21 Å². The number of rotatable bonds is 13. The Morgan fingerprint density at radius 3 is 2.24 bits per heavy atom. The van der Waals surface area contributed by atoms with E-state index in [2.05, 4.69) is 5.32 Å². The molecule has 0 heterocycles. The number of anilines is 1. The maximum atomic E-state index is 13.4. The number of benzene rings is 2. The fourth-order valence-corrected chi connectivity index (χ4v) is 4.88. The monoisotopic (exact) mass is 547 g/mol. The number of para-hydroxylation sites is 2. The van der Waals surface area contributed by atoms with Gasteiger partial charge in [0.25, 0.3) is 0 Å². The molecule has 0 saturated heterocycles. The first kappa shape index (κ1) is 31.0. The molecule has 210 valence electrons. The van der Waals surface area contributed by atoms with Gasteiger partial charge in [-0.2, -0.15) is 0 Å². The van der Waals surface area contributed by atoms with E-state index < -0.39 is 21.6 Å². The summed E-state index contributed by atoms with van der Waals surface area (Å²) in [5.41, 5.74) is 0.819. The highest BCUT2D eigenvalue weighted by Gasteiger charge is 2.29. The predicted octanol–water partition coefficient (Wildman–Crippen LogP) is 3.97. The van der Waals surface area contributed by atoms with Gasteiger partial charge in [-0.15, -0.1) is 0 Å². The topological polar surface area (TPSA) is 105 Å². The van der Waals surface area contributed by atoms with Crippen LogP contribution in [0.15, 0.2) is 48.5 Å².